The van der Waals surface area contributed by atoms with Crippen molar-refractivity contribution in [2.75, 3.05) is 0 Å². The summed E-state index contributed by atoms with van der Waals surface area (Å²) in [5.41, 5.74) is 3.88. The highest BCUT2D eigenvalue weighted by Crippen LogP contribution is 2.31. The summed E-state index contributed by atoms with van der Waals surface area (Å²) in [6.07, 6.45) is 4.73. The maximum atomic E-state index is 12.7. The number of carbonyl (C=O) groups excluding carboxylic acids is 1. The number of amides is 1. The molecule has 1 aromatic heterocycles. The van der Waals surface area contributed by atoms with Crippen LogP contribution in [0.15, 0.2) is 54.7 Å². The van der Waals surface area contributed by atoms with Gasteiger partial charge < -0.3 is 5.32 Å². The molecule has 2 aromatic carbocycles. The van der Waals surface area contributed by atoms with Crippen LogP contribution >= 0.6 is 23.2 Å². The molecule has 1 aliphatic carbocycles. The van der Waals surface area contributed by atoms with Crippen molar-refractivity contribution in [1.29, 1.82) is 0 Å². The zero-order valence-corrected chi connectivity index (χ0v) is 16.2. The Morgan fingerprint density at radius 1 is 1.15 bits per heavy atom. The minimum Gasteiger partial charge on any atom is -0.345 e. The fourth-order valence-corrected chi connectivity index (χ4v) is 3.96. The first-order valence-corrected chi connectivity index (χ1v) is 9.72. The van der Waals surface area contributed by atoms with Crippen LogP contribution in [0.2, 0.25) is 10.0 Å². The largest absolute Gasteiger partial charge is 0.345 e. The molecule has 1 atom stereocenters. The number of nitrogens with zero attached hydrogens (tertiary/aromatic N) is 2. The highest BCUT2D eigenvalue weighted by Gasteiger charge is 2.26. The Kier molecular flexibility index (Phi) is 5.19. The van der Waals surface area contributed by atoms with Gasteiger partial charge in [0.2, 0.25) is 0 Å². The lowest BCUT2D eigenvalue weighted by atomic mass is 9.92. The van der Waals surface area contributed by atoms with Gasteiger partial charge in [-0.2, -0.15) is 5.10 Å². The topological polar surface area (TPSA) is 46.9 Å². The molecule has 4 nitrogen and oxygen atoms in total. The minimum absolute atomic E-state index is 0.0687. The average molecular weight is 400 g/mol. The van der Waals surface area contributed by atoms with Crippen LogP contribution in [-0.4, -0.2) is 15.7 Å². The number of halogens is 2. The Morgan fingerprint density at radius 3 is 2.78 bits per heavy atom. The molecule has 1 N–H and O–H groups in total. The van der Waals surface area contributed by atoms with Gasteiger partial charge in [0, 0.05) is 11.3 Å². The van der Waals surface area contributed by atoms with E-state index in [4.69, 9.17) is 23.2 Å². The summed E-state index contributed by atoms with van der Waals surface area (Å²) in [5, 5.41) is 8.34. The zero-order chi connectivity index (χ0) is 18.8. The second-order valence-corrected chi connectivity index (χ2v) is 7.49. The molecule has 0 unspecified atom stereocenters. The van der Waals surface area contributed by atoms with Crippen molar-refractivity contribution in [3.05, 3.63) is 87.2 Å². The maximum Gasteiger partial charge on any atom is 0.253 e. The van der Waals surface area contributed by atoms with Gasteiger partial charge in [0.15, 0.2) is 0 Å². The van der Waals surface area contributed by atoms with Crippen molar-refractivity contribution < 1.29 is 4.79 Å². The van der Waals surface area contributed by atoms with Crippen molar-refractivity contribution in [1.82, 2.24) is 15.1 Å². The van der Waals surface area contributed by atoms with Gasteiger partial charge in [-0.05, 0) is 37.0 Å². The first-order valence-electron chi connectivity index (χ1n) is 8.97. The van der Waals surface area contributed by atoms with E-state index in [1.807, 2.05) is 29.1 Å². The van der Waals surface area contributed by atoms with Crippen molar-refractivity contribution in [2.24, 2.45) is 0 Å². The normalized spacial score (nSPS) is 16.0. The van der Waals surface area contributed by atoms with Gasteiger partial charge in [-0.15, -0.1) is 0 Å². The Balaban J connectivity index is 1.55. The average Bonchev–Trinajstić information content (AvgIpc) is 3.09. The highest BCUT2D eigenvalue weighted by atomic mass is 35.5. The lowest BCUT2D eigenvalue weighted by Gasteiger charge is -2.24. The molecule has 0 saturated carbocycles. The van der Waals surface area contributed by atoms with E-state index < -0.39 is 0 Å². The van der Waals surface area contributed by atoms with Crippen molar-refractivity contribution in [3.8, 4) is 0 Å². The summed E-state index contributed by atoms with van der Waals surface area (Å²) < 4.78 is 2.04. The van der Waals surface area contributed by atoms with Gasteiger partial charge in [0.25, 0.3) is 5.91 Å². The molecule has 3 aromatic rings. The monoisotopic (exact) mass is 399 g/mol. The van der Waals surface area contributed by atoms with E-state index >= 15 is 0 Å². The number of aromatic nitrogens is 2. The quantitative estimate of drug-likeness (QED) is 0.667. The van der Waals surface area contributed by atoms with Crippen molar-refractivity contribution in [2.45, 2.75) is 31.8 Å². The molecule has 0 spiro atoms. The number of rotatable bonds is 4. The van der Waals surface area contributed by atoms with Gasteiger partial charge in [-0.25, -0.2) is 0 Å². The number of fused-ring (bicyclic) bond motifs is 1. The van der Waals surface area contributed by atoms with Gasteiger partial charge in [0.05, 0.1) is 34.4 Å². The second-order valence-electron chi connectivity index (χ2n) is 6.71. The van der Waals surface area contributed by atoms with E-state index in [1.165, 1.54) is 11.3 Å². The third kappa shape index (κ3) is 3.73. The number of benzene rings is 2. The summed E-state index contributed by atoms with van der Waals surface area (Å²) >= 11 is 12.2. The van der Waals surface area contributed by atoms with Crippen LogP contribution in [0, 0.1) is 0 Å². The molecular weight excluding hydrogens is 381 g/mol. The highest BCUT2D eigenvalue weighted by molar-refractivity contribution is 6.43. The van der Waals surface area contributed by atoms with Crippen molar-refractivity contribution >= 4 is 29.1 Å². The zero-order valence-electron chi connectivity index (χ0n) is 14.7. The summed E-state index contributed by atoms with van der Waals surface area (Å²) in [7, 11) is 0. The SMILES string of the molecule is O=C(N[C@@H]1CCCc2c1cnn2Cc1ccccc1)c1cccc(Cl)c1Cl. The molecular formula is C21H19Cl2N3O. The third-order valence-corrected chi connectivity index (χ3v) is 5.76. The summed E-state index contributed by atoms with van der Waals surface area (Å²) in [5.74, 6) is -0.212. The first-order chi connectivity index (χ1) is 13.1. The number of carbonyl (C=O) groups is 1. The van der Waals surface area contributed by atoms with E-state index in [0.717, 1.165) is 31.4 Å². The van der Waals surface area contributed by atoms with E-state index in [9.17, 15) is 4.79 Å². The molecule has 1 amide bonds. The Labute approximate surface area is 168 Å². The fourth-order valence-electron chi connectivity index (χ4n) is 3.58. The summed E-state index contributed by atoms with van der Waals surface area (Å²) in [6.45, 7) is 0.733. The summed E-state index contributed by atoms with van der Waals surface area (Å²) in [4.78, 5) is 12.7. The Bertz CT molecular complexity index is 969. The third-order valence-electron chi connectivity index (χ3n) is 4.94. The van der Waals surface area contributed by atoms with E-state index in [-0.39, 0.29) is 17.0 Å². The molecule has 138 valence electrons. The standard InChI is InChI=1S/C21H19Cl2N3O/c22-17-9-4-8-15(20(17)23)21(27)25-18-10-5-11-19-16(18)12-24-26(19)13-14-6-2-1-3-7-14/h1-4,6-9,12,18H,5,10-11,13H2,(H,25,27)/t18-/m1/s1. The van der Waals surface area contributed by atoms with Crippen LogP contribution < -0.4 is 5.32 Å². The molecule has 0 fully saturated rings. The number of hydrogen-bond acceptors (Lipinski definition) is 2. The van der Waals surface area contributed by atoms with E-state index in [1.54, 1.807) is 18.2 Å². The van der Waals surface area contributed by atoms with E-state index in [2.05, 4.69) is 22.5 Å². The van der Waals surface area contributed by atoms with Crippen LogP contribution in [0.25, 0.3) is 0 Å². The predicted octanol–water partition coefficient (Wildman–Crippen LogP) is 5.05. The molecule has 1 heterocycles. The van der Waals surface area contributed by atoms with Crippen LogP contribution in [-0.2, 0) is 13.0 Å². The van der Waals surface area contributed by atoms with E-state index in [0.29, 0.717) is 10.6 Å². The van der Waals surface area contributed by atoms with Gasteiger partial charge in [0.1, 0.15) is 0 Å². The first kappa shape index (κ1) is 18.1. The number of nitrogens with one attached hydrogen (secondary N) is 1. The lowest BCUT2D eigenvalue weighted by Crippen LogP contribution is -2.31. The lowest BCUT2D eigenvalue weighted by molar-refractivity contribution is 0.0933. The van der Waals surface area contributed by atoms with Crippen molar-refractivity contribution in [3.63, 3.8) is 0 Å². The Hall–Kier alpha value is -2.30. The molecule has 1 aliphatic rings. The number of hydrogen-bond donors (Lipinski definition) is 1. The maximum absolute atomic E-state index is 12.7. The van der Waals surface area contributed by atoms with Gasteiger partial charge in [-0.1, -0.05) is 59.6 Å². The molecule has 0 saturated heterocycles. The summed E-state index contributed by atoms with van der Waals surface area (Å²) in [6, 6.07) is 15.3. The molecule has 0 radical (unpaired) electrons. The van der Waals surface area contributed by atoms with Crippen LogP contribution in [0.5, 0.6) is 0 Å². The van der Waals surface area contributed by atoms with Crippen LogP contribution in [0.4, 0.5) is 0 Å². The smallest absolute Gasteiger partial charge is 0.253 e. The fraction of sp³-hybridized carbons (Fsp3) is 0.238. The predicted molar refractivity (Wildman–Crippen MR) is 107 cm³/mol. The van der Waals surface area contributed by atoms with Crippen LogP contribution in [0.1, 0.15) is 46.1 Å². The molecule has 0 aliphatic heterocycles. The molecule has 6 heteroatoms. The molecule has 27 heavy (non-hydrogen) atoms. The second kappa shape index (κ2) is 7.75. The van der Waals surface area contributed by atoms with Crippen LogP contribution in [0.3, 0.4) is 0 Å². The Morgan fingerprint density at radius 2 is 1.96 bits per heavy atom. The van der Waals surface area contributed by atoms with Gasteiger partial charge >= 0.3 is 0 Å². The minimum atomic E-state index is -0.212. The molecule has 4 rings (SSSR count). The molecule has 0 bridgehead atoms. The van der Waals surface area contributed by atoms with Gasteiger partial charge in [-0.3, -0.25) is 9.48 Å².